The smallest absolute Gasteiger partial charge is 0.243 e. The molecule has 0 radical (unpaired) electrons. The van der Waals surface area contributed by atoms with Gasteiger partial charge in [-0.3, -0.25) is 9.10 Å². The standard InChI is InChI=1S/C22H29N3O3S/c1-18(25(29(2,27)28)20-12-4-3-5-13-20)22(26)23-15-9-17-24-16-8-11-19-10-6-7-14-21(19)24/h3-7,10,12-14,18H,8-9,11,15-17H2,1-2H3,(H,23,26). The van der Waals surface area contributed by atoms with E-state index in [9.17, 15) is 13.2 Å². The van der Waals surface area contributed by atoms with Crippen LogP contribution in [0.25, 0.3) is 0 Å². The average molecular weight is 416 g/mol. The van der Waals surface area contributed by atoms with Gasteiger partial charge < -0.3 is 10.2 Å². The molecule has 0 saturated carbocycles. The lowest BCUT2D eigenvalue weighted by Crippen LogP contribution is -2.48. The van der Waals surface area contributed by atoms with Gasteiger partial charge in [0.2, 0.25) is 15.9 Å². The molecule has 29 heavy (non-hydrogen) atoms. The lowest BCUT2D eigenvalue weighted by Gasteiger charge is -2.31. The molecule has 1 atom stereocenters. The number of carbonyl (C=O) groups excluding carboxylic acids is 1. The van der Waals surface area contributed by atoms with Crippen molar-refractivity contribution < 1.29 is 13.2 Å². The number of hydrogen-bond donors (Lipinski definition) is 1. The summed E-state index contributed by atoms with van der Waals surface area (Å²) in [5, 5.41) is 2.90. The maximum Gasteiger partial charge on any atom is 0.243 e. The second kappa shape index (κ2) is 9.31. The van der Waals surface area contributed by atoms with Gasteiger partial charge in [-0.2, -0.15) is 0 Å². The number of amides is 1. The van der Waals surface area contributed by atoms with Crippen LogP contribution in [0.3, 0.4) is 0 Å². The zero-order valence-corrected chi connectivity index (χ0v) is 17.9. The molecule has 1 unspecified atom stereocenters. The van der Waals surface area contributed by atoms with E-state index in [4.69, 9.17) is 0 Å². The molecular weight excluding hydrogens is 386 g/mol. The van der Waals surface area contributed by atoms with Crippen molar-refractivity contribution >= 4 is 27.3 Å². The van der Waals surface area contributed by atoms with E-state index < -0.39 is 16.1 Å². The van der Waals surface area contributed by atoms with Crippen LogP contribution in [0.2, 0.25) is 0 Å². The van der Waals surface area contributed by atoms with Crippen LogP contribution in [-0.2, 0) is 21.2 Å². The van der Waals surface area contributed by atoms with Crippen molar-refractivity contribution in [3.63, 3.8) is 0 Å². The maximum absolute atomic E-state index is 12.6. The van der Waals surface area contributed by atoms with Gasteiger partial charge in [0.05, 0.1) is 11.9 Å². The number of para-hydroxylation sites is 2. The van der Waals surface area contributed by atoms with Gasteiger partial charge in [0, 0.05) is 25.3 Å². The quantitative estimate of drug-likeness (QED) is 0.673. The summed E-state index contributed by atoms with van der Waals surface area (Å²) in [5.74, 6) is -0.293. The van der Waals surface area contributed by atoms with E-state index >= 15 is 0 Å². The Morgan fingerprint density at radius 3 is 2.55 bits per heavy atom. The minimum absolute atomic E-state index is 0.293. The highest BCUT2D eigenvalue weighted by atomic mass is 32.2. The third kappa shape index (κ3) is 5.29. The summed E-state index contributed by atoms with van der Waals surface area (Å²) in [6.45, 7) is 4.01. The monoisotopic (exact) mass is 415 g/mol. The average Bonchev–Trinajstić information content (AvgIpc) is 2.71. The molecule has 0 spiro atoms. The number of benzene rings is 2. The second-order valence-electron chi connectivity index (χ2n) is 7.43. The van der Waals surface area contributed by atoms with Crippen LogP contribution in [0, 0.1) is 0 Å². The van der Waals surface area contributed by atoms with Crippen molar-refractivity contribution in [1.29, 1.82) is 0 Å². The summed E-state index contributed by atoms with van der Waals surface area (Å²) in [5.41, 5.74) is 3.15. The molecule has 0 fully saturated rings. The largest absolute Gasteiger partial charge is 0.371 e. The molecule has 2 aromatic carbocycles. The molecule has 0 saturated heterocycles. The van der Waals surface area contributed by atoms with E-state index in [1.54, 1.807) is 31.2 Å². The van der Waals surface area contributed by atoms with Gasteiger partial charge in [0.15, 0.2) is 0 Å². The van der Waals surface area contributed by atoms with Crippen molar-refractivity contribution in [2.24, 2.45) is 0 Å². The van der Waals surface area contributed by atoms with Gasteiger partial charge in [-0.05, 0) is 49.9 Å². The van der Waals surface area contributed by atoms with Gasteiger partial charge in [-0.1, -0.05) is 36.4 Å². The van der Waals surface area contributed by atoms with Crippen LogP contribution in [-0.4, -0.2) is 46.3 Å². The summed E-state index contributed by atoms with van der Waals surface area (Å²) in [6, 6.07) is 16.4. The molecule has 1 amide bonds. The summed E-state index contributed by atoms with van der Waals surface area (Å²) >= 11 is 0. The van der Waals surface area contributed by atoms with E-state index in [0.717, 1.165) is 38.6 Å². The summed E-state index contributed by atoms with van der Waals surface area (Å²) in [7, 11) is -3.58. The Hall–Kier alpha value is -2.54. The second-order valence-corrected chi connectivity index (χ2v) is 9.29. The van der Waals surface area contributed by atoms with E-state index in [2.05, 4.69) is 34.5 Å². The first kappa shape index (κ1) is 21.2. The molecule has 0 bridgehead atoms. The normalized spacial score (nSPS) is 14.8. The Labute approximate surface area is 173 Å². The number of nitrogens with zero attached hydrogens (tertiary/aromatic N) is 2. The van der Waals surface area contributed by atoms with Crippen LogP contribution >= 0.6 is 0 Å². The third-order valence-corrected chi connectivity index (χ3v) is 6.45. The summed E-state index contributed by atoms with van der Waals surface area (Å²) in [4.78, 5) is 15.0. The van der Waals surface area contributed by atoms with E-state index in [1.807, 2.05) is 6.07 Å². The van der Waals surface area contributed by atoms with E-state index in [1.165, 1.54) is 15.6 Å². The molecule has 156 valence electrons. The molecule has 1 aliphatic heterocycles. The Bertz CT molecular complexity index is 931. The highest BCUT2D eigenvalue weighted by Gasteiger charge is 2.28. The van der Waals surface area contributed by atoms with Gasteiger partial charge in [0.25, 0.3) is 0 Å². The minimum Gasteiger partial charge on any atom is -0.371 e. The van der Waals surface area contributed by atoms with Crippen molar-refractivity contribution in [3.8, 4) is 0 Å². The summed E-state index contributed by atoms with van der Waals surface area (Å²) < 4.78 is 25.7. The number of rotatable bonds is 8. The number of carbonyl (C=O) groups is 1. The van der Waals surface area contributed by atoms with Gasteiger partial charge in [-0.15, -0.1) is 0 Å². The van der Waals surface area contributed by atoms with Crippen LogP contribution in [0.5, 0.6) is 0 Å². The predicted molar refractivity (Wildman–Crippen MR) is 118 cm³/mol. The van der Waals surface area contributed by atoms with Crippen molar-refractivity contribution in [3.05, 3.63) is 60.2 Å². The Morgan fingerprint density at radius 1 is 1.14 bits per heavy atom. The highest BCUT2D eigenvalue weighted by Crippen LogP contribution is 2.26. The lowest BCUT2D eigenvalue weighted by atomic mass is 10.0. The number of anilines is 2. The maximum atomic E-state index is 12.6. The van der Waals surface area contributed by atoms with Gasteiger partial charge in [0.1, 0.15) is 6.04 Å². The summed E-state index contributed by atoms with van der Waals surface area (Å²) in [6.07, 6.45) is 4.18. The topological polar surface area (TPSA) is 69.7 Å². The van der Waals surface area contributed by atoms with Crippen molar-refractivity contribution in [2.45, 2.75) is 32.2 Å². The Balaban J connectivity index is 1.55. The first-order valence-corrected chi connectivity index (χ1v) is 11.9. The van der Waals surface area contributed by atoms with E-state index in [0.29, 0.717) is 12.2 Å². The predicted octanol–water partition coefficient (Wildman–Crippen LogP) is 2.80. The Morgan fingerprint density at radius 2 is 1.83 bits per heavy atom. The van der Waals surface area contributed by atoms with E-state index in [-0.39, 0.29) is 5.91 Å². The highest BCUT2D eigenvalue weighted by molar-refractivity contribution is 7.92. The minimum atomic E-state index is -3.58. The molecule has 0 aromatic heterocycles. The molecule has 1 aliphatic rings. The Kier molecular flexibility index (Phi) is 6.79. The van der Waals surface area contributed by atoms with Crippen molar-refractivity contribution in [1.82, 2.24) is 5.32 Å². The molecule has 0 aliphatic carbocycles. The number of sulfonamides is 1. The number of hydrogen-bond acceptors (Lipinski definition) is 4. The first-order valence-electron chi connectivity index (χ1n) is 10.0. The number of nitrogens with one attached hydrogen (secondary N) is 1. The number of aryl methyl sites for hydroxylation is 1. The SMILES string of the molecule is CC(C(=O)NCCCN1CCCc2ccccc21)N(c1ccccc1)S(C)(=O)=O. The van der Waals surface area contributed by atoms with Gasteiger partial charge in [-0.25, -0.2) is 8.42 Å². The molecule has 2 aromatic rings. The van der Waals surface area contributed by atoms with Crippen LogP contribution < -0.4 is 14.5 Å². The fourth-order valence-electron chi connectivity index (χ4n) is 3.86. The molecular formula is C22H29N3O3S. The molecule has 7 heteroatoms. The van der Waals surface area contributed by atoms with Crippen LogP contribution in [0.15, 0.2) is 54.6 Å². The fraction of sp³-hybridized carbons (Fsp3) is 0.409. The van der Waals surface area contributed by atoms with Crippen molar-refractivity contribution in [2.75, 3.05) is 35.1 Å². The zero-order chi connectivity index (χ0) is 20.9. The zero-order valence-electron chi connectivity index (χ0n) is 17.0. The molecule has 3 rings (SSSR count). The molecule has 6 nitrogen and oxygen atoms in total. The lowest BCUT2D eigenvalue weighted by molar-refractivity contribution is -0.121. The third-order valence-electron chi connectivity index (χ3n) is 5.21. The van der Waals surface area contributed by atoms with Gasteiger partial charge >= 0.3 is 0 Å². The number of fused-ring (bicyclic) bond motifs is 1. The van der Waals surface area contributed by atoms with Crippen LogP contribution in [0.1, 0.15) is 25.3 Å². The first-order chi connectivity index (χ1) is 13.9. The van der Waals surface area contributed by atoms with Crippen LogP contribution in [0.4, 0.5) is 11.4 Å². The molecule has 1 N–H and O–H groups in total. The molecule has 1 heterocycles. The fourth-order valence-corrected chi connectivity index (χ4v) is 5.03.